The van der Waals surface area contributed by atoms with Crippen LogP contribution >= 0.6 is 11.3 Å². The van der Waals surface area contributed by atoms with Crippen molar-refractivity contribution in [1.29, 1.82) is 0 Å². The molecule has 162 valence electrons. The van der Waals surface area contributed by atoms with Gasteiger partial charge in [0.2, 0.25) is 10.0 Å². The third-order valence-corrected chi connectivity index (χ3v) is 9.67. The lowest BCUT2D eigenvalue weighted by Crippen LogP contribution is -2.35. The fourth-order valence-electron chi connectivity index (χ4n) is 3.71. The molecule has 11 heteroatoms. The van der Waals surface area contributed by atoms with Crippen molar-refractivity contribution in [3.63, 3.8) is 0 Å². The van der Waals surface area contributed by atoms with Crippen LogP contribution in [-0.4, -0.2) is 45.3 Å². The summed E-state index contributed by atoms with van der Waals surface area (Å²) in [5.41, 5.74) is 1.39. The van der Waals surface area contributed by atoms with Crippen molar-refractivity contribution in [2.24, 2.45) is 0 Å². The van der Waals surface area contributed by atoms with Gasteiger partial charge in [0.05, 0.1) is 22.1 Å². The van der Waals surface area contributed by atoms with Gasteiger partial charge < -0.3 is 0 Å². The van der Waals surface area contributed by atoms with E-state index in [-0.39, 0.29) is 28.7 Å². The number of anilines is 1. The Balaban J connectivity index is 1.42. The van der Waals surface area contributed by atoms with Gasteiger partial charge in [-0.3, -0.25) is 10.1 Å². The molecule has 2 N–H and O–H groups in total. The fraction of sp³-hybridized carbons (Fsp3) is 0.474. The third kappa shape index (κ3) is 4.90. The molecular formula is C19H23N3O5S3. The van der Waals surface area contributed by atoms with Crippen molar-refractivity contribution in [2.45, 2.75) is 49.5 Å². The molecule has 1 aromatic heterocycles. The first kappa shape index (κ1) is 21.4. The van der Waals surface area contributed by atoms with Crippen molar-refractivity contribution in [3.05, 3.63) is 40.4 Å². The van der Waals surface area contributed by atoms with Gasteiger partial charge in [0.1, 0.15) is 0 Å². The number of nitrogens with zero attached hydrogens (tertiary/aromatic N) is 1. The lowest BCUT2D eigenvalue weighted by molar-refractivity contribution is 0.102. The van der Waals surface area contributed by atoms with E-state index in [2.05, 4.69) is 15.0 Å². The highest BCUT2D eigenvalue weighted by Gasteiger charge is 2.31. The average molecular weight is 470 g/mol. The van der Waals surface area contributed by atoms with Crippen molar-refractivity contribution in [3.8, 4) is 0 Å². The number of amides is 1. The summed E-state index contributed by atoms with van der Waals surface area (Å²) in [6.45, 7) is 0. The van der Waals surface area contributed by atoms with Gasteiger partial charge in [-0.15, -0.1) is 11.3 Å². The van der Waals surface area contributed by atoms with Crippen LogP contribution in [0.25, 0.3) is 0 Å². The van der Waals surface area contributed by atoms with E-state index in [1.165, 1.54) is 46.9 Å². The van der Waals surface area contributed by atoms with Gasteiger partial charge in [-0.25, -0.2) is 26.5 Å². The lowest BCUT2D eigenvalue weighted by Gasteiger charge is -2.12. The summed E-state index contributed by atoms with van der Waals surface area (Å²) in [7, 11) is -7.04. The molecule has 0 spiro atoms. The first-order valence-electron chi connectivity index (χ1n) is 9.85. The second-order valence-corrected chi connectivity index (χ2v) is 12.7. The number of carbonyl (C=O) groups excluding carboxylic acids is 1. The fourth-order valence-corrected chi connectivity index (χ4v) is 7.81. The Morgan fingerprint density at radius 1 is 1.10 bits per heavy atom. The number of aryl methyl sites for hydroxylation is 2. The summed E-state index contributed by atoms with van der Waals surface area (Å²) in [5.74, 6) is -0.554. The zero-order chi connectivity index (χ0) is 21.4. The van der Waals surface area contributed by atoms with Crippen LogP contribution in [-0.2, 0) is 32.7 Å². The molecule has 1 saturated heterocycles. The number of fused-ring (bicyclic) bond motifs is 1. The normalized spacial score (nSPS) is 21.0. The highest BCUT2D eigenvalue weighted by atomic mass is 32.2. The van der Waals surface area contributed by atoms with Crippen molar-refractivity contribution in [2.75, 3.05) is 16.8 Å². The average Bonchev–Trinajstić information content (AvgIpc) is 3.15. The molecule has 2 aromatic rings. The number of thiazole rings is 1. The van der Waals surface area contributed by atoms with E-state index >= 15 is 0 Å². The molecule has 0 unspecified atom stereocenters. The van der Waals surface area contributed by atoms with E-state index in [4.69, 9.17) is 0 Å². The standard InChI is InChI=1S/C19H23N3O5S3/c23-18(21-19-20-16-4-2-1-3-5-17(16)28-19)13-6-8-15(9-7-13)30(26,27)22-14-10-11-29(24,25)12-14/h6-9,14,22H,1-5,10-12H2,(H,20,21,23)/t14-/m1/s1. The van der Waals surface area contributed by atoms with Crippen LogP contribution in [0.5, 0.6) is 0 Å². The van der Waals surface area contributed by atoms with Crippen molar-refractivity contribution >= 4 is 42.2 Å². The minimum absolute atomic E-state index is 0.00990. The molecule has 30 heavy (non-hydrogen) atoms. The second-order valence-electron chi connectivity index (χ2n) is 7.65. The van der Waals surface area contributed by atoms with Gasteiger partial charge in [-0.2, -0.15) is 0 Å². The molecule has 1 atom stereocenters. The van der Waals surface area contributed by atoms with E-state index < -0.39 is 25.9 Å². The summed E-state index contributed by atoms with van der Waals surface area (Å²) >= 11 is 1.50. The Morgan fingerprint density at radius 2 is 1.83 bits per heavy atom. The minimum Gasteiger partial charge on any atom is -0.298 e. The SMILES string of the molecule is O=C(Nc1nc2c(s1)CCCCC2)c1ccc(S(=O)(=O)N[C@@H]2CCS(=O)(=O)C2)cc1. The van der Waals surface area contributed by atoms with Crippen LogP contribution in [0.4, 0.5) is 5.13 Å². The van der Waals surface area contributed by atoms with Gasteiger partial charge >= 0.3 is 0 Å². The number of rotatable bonds is 5. The molecule has 0 bridgehead atoms. The van der Waals surface area contributed by atoms with Crippen LogP contribution in [0, 0.1) is 0 Å². The minimum atomic E-state index is -3.86. The van der Waals surface area contributed by atoms with E-state index in [9.17, 15) is 21.6 Å². The number of sulfonamides is 1. The van der Waals surface area contributed by atoms with E-state index in [0.717, 1.165) is 31.4 Å². The Morgan fingerprint density at radius 3 is 2.53 bits per heavy atom. The zero-order valence-electron chi connectivity index (χ0n) is 16.3. The molecule has 2 aliphatic rings. The van der Waals surface area contributed by atoms with E-state index in [0.29, 0.717) is 10.7 Å². The van der Waals surface area contributed by atoms with Gasteiger partial charge in [0.25, 0.3) is 5.91 Å². The zero-order valence-corrected chi connectivity index (χ0v) is 18.7. The number of benzene rings is 1. The maximum Gasteiger partial charge on any atom is 0.257 e. The Kier molecular flexibility index (Phi) is 5.97. The molecular weight excluding hydrogens is 446 g/mol. The molecule has 0 saturated carbocycles. The van der Waals surface area contributed by atoms with Gasteiger partial charge in [0, 0.05) is 16.5 Å². The quantitative estimate of drug-likeness (QED) is 0.647. The topological polar surface area (TPSA) is 122 Å². The summed E-state index contributed by atoms with van der Waals surface area (Å²) in [4.78, 5) is 18.3. The molecule has 1 aliphatic carbocycles. The highest BCUT2D eigenvalue weighted by Crippen LogP contribution is 2.29. The smallest absolute Gasteiger partial charge is 0.257 e. The highest BCUT2D eigenvalue weighted by molar-refractivity contribution is 7.92. The Hall–Kier alpha value is -1.82. The molecule has 1 amide bonds. The molecule has 1 aromatic carbocycles. The predicted octanol–water partition coefficient (Wildman–Crippen LogP) is 2.13. The van der Waals surface area contributed by atoms with Crippen LogP contribution < -0.4 is 10.0 Å². The maximum absolute atomic E-state index is 12.5. The van der Waals surface area contributed by atoms with Crippen LogP contribution in [0.1, 0.15) is 46.6 Å². The number of sulfone groups is 1. The van der Waals surface area contributed by atoms with Gasteiger partial charge in [0.15, 0.2) is 15.0 Å². The predicted molar refractivity (Wildman–Crippen MR) is 115 cm³/mol. The monoisotopic (exact) mass is 469 g/mol. The number of hydrogen-bond acceptors (Lipinski definition) is 7. The number of hydrogen-bond donors (Lipinski definition) is 2. The summed E-state index contributed by atoms with van der Waals surface area (Å²) in [6.07, 6.45) is 5.64. The molecule has 8 nitrogen and oxygen atoms in total. The van der Waals surface area contributed by atoms with Crippen LogP contribution in [0.15, 0.2) is 29.2 Å². The summed E-state index contributed by atoms with van der Waals surface area (Å²) < 4.78 is 50.5. The molecule has 2 heterocycles. The van der Waals surface area contributed by atoms with Gasteiger partial charge in [-0.05, 0) is 56.4 Å². The molecule has 1 aliphatic heterocycles. The third-order valence-electron chi connectivity index (χ3n) is 5.30. The first-order chi connectivity index (χ1) is 14.2. The maximum atomic E-state index is 12.5. The van der Waals surface area contributed by atoms with E-state index in [1.807, 2.05) is 0 Å². The Labute approximate surface area is 180 Å². The largest absolute Gasteiger partial charge is 0.298 e. The molecule has 4 rings (SSSR count). The van der Waals surface area contributed by atoms with E-state index in [1.54, 1.807) is 0 Å². The molecule has 1 fully saturated rings. The number of aromatic nitrogens is 1. The van der Waals surface area contributed by atoms with Crippen molar-refractivity contribution < 1.29 is 21.6 Å². The van der Waals surface area contributed by atoms with Crippen molar-refractivity contribution in [1.82, 2.24) is 9.71 Å². The van der Waals surface area contributed by atoms with Crippen LogP contribution in [0.3, 0.4) is 0 Å². The van der Waals surface area contributed by atoms with Gasteiger partial charge in [-0.1, -0.05) is 6.42 Å². The Bertz CT molecular complexity index is 1130. The second kappa shape index (κ2) is 8.37. The number of nitrogens with one attached hydrogen (secondary N) is 2. The number of carbonyl (C=O) groups is 1. The first-order valence-corrected chi connectivity index (χ1v) is 14.0. The molecule has 0 radical (unpaired) electrons. The van der Waals surface area contributed by atoms with Crippen LogP contribution in [0.2, 0.25) is 0 Å². The summed E-state index contributed by atoms with van der Waals surface area (Å²) in [6, 6.07) is 4.94. The summed E-state index contributed by atoms with van der Waals surface area (Å²) in [5, 5.41) is 3.36. The lowest BCUT2D eigenvalue weighted by atomic mass is 10.2.